The lowest BCUT2D eigenvalue weighted by molar-refractivity contribution is 0.0955. The lowest BCUT2D eigenvalue weighted by Gasteiger charge is -2.32. The van der Waals surface area contributed by atoms with E-state index in [9.17, 15) is 4.79 Å². The van der Waals surface area contributed by atoms with Crippen LogP contribution < -0.4 is 5.32 Å². The van der Waals surface area contributed by atoms with Crippen LogP contribution in [0, 0.1) is 0 Å². The molecule has 0 bridgehead atoms. The van der Waals surface area contributed by atoms with E-state index in [-0.39, 0.29) is 11.9 Å². The number of nitrogens with zero attached hydrogens (tertiary/aromatic N) is 6. The molecule has 25 heavy (non-hydrogen) atoms. The van der Waals surface area contributed by atoms with Crippen LogP contribution in [0.15, 0.2) is 36.9 Å². The number of fused-ring (bicyclic) bond motifs is 1. The molecule has 0 unspecified atom stereocenters. The summed E-state index contributed by atoms with van der Waals surface area (Å²) in [6, 6.07) is 3.97. The van der Waals surface area contributed by atoms with Gasteiger partial charge >= 0.3 is 0 Å². The summed E-state index contributed by atoms with van der Waals surface area (Å²) in [6.07, 6.45) is 9.72. The first kappa shape index (κ1) is 15.8. The zero-order valence-electron chi connectivity index (χ0n) is 14.2. The van der Waals surface area contributed by atoms with Gasteiger partial charge in [-0.05, 0) is 31.5 Å². The number of nitrogens with one attached hydrogen (secondary N) is 1. The Hall–Kier alpha value is -2.74. The zero-order valence-corrected chi connectivity index (χ0v) is 14.2. The number of carbonyl (C=O) groups is 1. The molecule has 3 aromatic heterocycles. The molecular formula is C17H21N7O. The van der Waals surface area contributed by atoms with Crippen LogP contribution in [0.1, 0.15) is 35.1 Å². The molecule has 0 radical (unpaired) electrons. The normalized spacial score (nSPS) is 18.5. The number of amides is 1. The molecule has 4 rings (SSSR count). The Morgan fingerprint density at radius 1 is 1.36 bits per heavy atom. The third-order valence-electron chi connectivity index (χ3n) is 4.67. The second kappa shape index (κ2) is 6.64. The highest BCUT2D eigenvalue weighted by atomic mass is 16.1. The number of hydrogen-bond donors (Lipinski definition) is 1. The Labute approximate surface area is 145 Å². The van der Waals surface area contributed by atoms with Crippen molar-refractivity contribution in [3.63, 3.8) is 0 Å². The Morgan fingerprint density at radius 2 is 2.28 bits per heavy atom. The predicted octanol–water partition coefficient (Wildman–Crippen LogP) is 1.12. The summed E-state index contributed by atoms with van der Waals surface area (Å²) in [6.45, 7) is 2.78. The van der Waals surface area contributed by atoms with Crippen molar-refractivity contribution in [1.82, 2.24) is 34.4 Å². The van der Waals surface area contributed by atoms with Gasteiger partial charge in [-0.15, -0.1) is 0 Å². The number of rotatable bonds is 4. The predicted molar refractivity (Wildman–Crippen MR) is 92.2 cm³/mol. The van der Waals surface area contributed by atoms with Crippen LogP contribution in [0.3, 0.4) is 0 Å². The Balaban J connectivity index is 1.47. The van der Waals surface area contributed by atoms with Crippen molar-refractivity contribution in [2.24, 2.45) is 0 Å². The van der Waals surface area contributed by atoms with E-state index < -0.39 is 0 Å². The molecule has 1 saturated heterocycles. The molecule has 1 fully saturated rings. The number of hydrogen-bond acceptors (Lipinski definition) is 5. The lowest BCUT2D eigenvalue weighted by Crippen LogP contribution is -2.36. The maximum Gasteiger partial charge on any atom is 0.271 e. The van der Waals surface area contributed by atoms with Crippen LogP contribution in [0.2, 0.25) is 0 Å². The summed E-state index contributed by atoms with van der Waals surface area (Å²) in [5.74, 6) is 0.581. The highest BCUT2D eigenvalue weighted by Gasteiger charge is 2.23. The number of piperidine rings is 1. The van der Waals surface area contributed by atoms with Gasteiger partial charge in [-0.1, -0.05) is 0 Å². The highest BCUT2D eigenvalue weighted by Crippen LogP contribution is 2.22. The van der Waals surface area contributed by atoms with Crippen LogP contribution in [0.25, 0.3) is 5.78 Å². The van der Waals surface area contributed by atoms with Crippen molar-refractivity contribution in [2.45, 2.75) is 25.4 Å². The Morgan fingerprint density at radius 3 is 3.16 bits per heavy atom. The summed E-state index contributed by atoms with van der Waals surface area (Å²) in [4.78, 5) is 22.7. The maximum absolute atomic E-state index is 11.7. The molecule has 130 valence electrons. The van der Waals surface area contributed by atoms with E-state index in [4.69, 9.17) is 0 Å². The van der Waals surface area contributed by atoms with Crippen LogP contribution in [0.4, 0.5) is 0 Å². The molecule has 1 atom stereocenters. The minimum absolute atomic E-state index is 0.148. The van der Waals surface area contributed by atoms with Gasteiger partial charge in [-0.3, -0.25) is 18.8 Å². The number of likely N-dealkylation sites (tertiary alicyclic amines) is 1. The van der Waals surface area contributed by atoms with Crippen molar-refractivity contribution < 1.29 is 4.79 Å². The topological polar surface area (TPSA) is 80.4 Å². The quantitative estimate of drug-likeness (QED) is 0.770. The summed E-state index contributed by atoms with van der Waals surface area (Å²) >= 11 is 0. The first-order valence-corrected chi connectivity index (χ1v) is 8.51. The smallest absolute Gasteiger partial charge is 0.271 e. The molecule has 0 aliphatic carbocycles. The van der Waals surface area contributed by atoms with Crippen molar-refractivity contribution in [1.29, 1.82) is 0 Å². The van der Waals surface area contributed by atoms with Gasteiger partial charge in [0.05, 0.1) is 17.9 Å². The standard InChI is InChI=1S/C17H21N7O/c1-18-16(25)15-5-9-24(21-15)13-4-2-7-22(11-13)12-14-10-20-17-19-6-3-8-23(14)17/h3,5-6,8-10,13H,2,4,7,11-12H2,1H3,(H,18,25)/t13-/m1/s1. The zero-order chi connectivity index (χ0) is 17.2. The molecule has 4 heterocycles. The third-order valence-corrected chi connectivity index (χ3v) is 4.67. The van der Waals surface area contributed by atoms with Crippen molar-refractivity contribution in [3.05, 3.63) is 48.3 Å². The largest absolute Gasteiger partial charge is 0.354 e. The monoisotopic (exact) mass is 339 g/mol. The Bertz CT molecular complexity index is 884. The van der Waals surface area contributed by atoms with Gasteiger partial charge in [-0.25, -0.2) is 9.97 Å². The fourth-order valence-corrected chi connectivity index (χ4v) is 3.40. The van der Waals surface area contributed by atoms with E-state index >= 15 is 0 Å². The molecule has 1 aliphatic heterocycles. The van der Waals surface area contributed by atoms with E-state index in [2.05, 4.69) is 25.3 Å². The van der Waals surface area contributed by atoms with Gasteiger partial charge in [0.25, 0.3) is 5.91 Å². The second-order valence-electron chi connectivity index (χ2n) is 6.33. The molecule has 0 aromatic carbocycles. The number of carbonyl (C=O) groups excluding carboxylic acids is 1. The molecular weight excluding hydrogens is 318 g/mol. The van der Waals surface area contributed by atoms with E-state index in [0.717, 1.165) is 43.9 Å². The van der Waals surface area contributed by atoms with Crippen LogP contribution >= 0.6 is 0 Å². The molecule has 1 amide bonds. The second-order valence-corrected chi connectivity index (χ2v) is 6.33. The van der Waals surface area contributed by atoms with Crippen LogP contribution in [-0.4, -0.2) is 55.1 Å². The molecule has 0 saturated carbocycles. The summed E-state index contributed by atoms with van der Waals surface area (Å²) in [7, 11) is 1.62. The SMILES string of the molecule is CNC(=O)c1ccn([C@@H]2CCCN(Cc3cnc4ncccn34)C2)n1. The fourth-order valence-electron chi connectivity index (χ4n) is 3.40. The minimum Gasteiger partial charge on any atom is -0.354 e. The van der Waals surface area contributed by atoms with Gasteiger partial charge in [0.15, 0.2) is 0 Å². The fraction of sp³-hybridized carbons (Fsp3) is 0.412. The summed E-state index contributed by atoms with van der Waals surface area (Å²) in [5, 5.41) is 7.05. The average molecular weight is 339 g/mol. The van der Waals surface area contributed by atoms with Gasteiger partial charge in [0.1, 0.15) is 5.69 Å². The molecule has 8 heteroatoms. The van der Waals surface area contributed by atoms with Crippen molar-refractivity contribution >= 4 is 11.7 Å². The molecule has 1 N–H and O–H groups in total. The summed E-state index contributed by atoms with van der Waals surface area (Å²) in [5.41, 5.74) is 1.60. The molecule has 0 spiro atoms. The first-order valence-electron chi connectivity index (χ1n) is 8.51. The minimum atomic E-state index is -0.148. The number of imidazole rings is 1. The lowest BCUT2D eigenvalue weighted by atomic mass is 10.1. The average Bonchev–Trinajstić information content (AvgIpc) is 3.29. The first-order chi connectivity index (χ1) is 12.2. The maximum atomic E-state index is 11.7. The van der Waals surface area contributed by atoms with E-state index in [1.54, 1.807) is 19.3 Å². The van der Waals surface area contributed by atoms with Crippen LogP contribution in [0.5, 0.6) is 0 Å². The third kappa shape index (κ3) is 3.12. The van der Waals surface area contributed by atoms with Crippen molar-refractivity contribution in [2.75, 3.05) is 20.1 Å². The number of aromatic nitrogens is 5. The van der Waals surface area contributed by atoms with Gasteiger partial charge in [0, 0.05) is 38.7 Å². The Kier molecular flexibility index (Phi) is 4.19. The highest BCUT2D eigenvalue weighted by molar-refractivity contribution is 5.91. The van der Waals surface area contributed by atoms with Crippen molar-refractivity contribution in [3.8, 4) is 0 Å². The van der Waals surface area contributed by atoms with E-state index in [1.165, 1.54) is 0 Å². The molecule has 3 aromatic rings. The van der Waals surface area contributed by atoms with Crippen LogP contribution in [-0.2, 0) is 6.54 Å². The van der Waals surface area contributed by atoms with Gasteiger partial charge in [-0.2, -0.15) is 5.10 Å². The molecule has 8 nitrogen and oxygen atoms in total. The van der Waals surface area contributed by atoms with Gasteiger partial charge in [0.2, 0.25) is 5.78 Å². The van der Waals surface area contributed by atoms with E-state index in [1.807, 2.05) is 33.7 Å². The summed E-state index contributed by atoms with van der Waals surface area (Å²) < 4.78 is 3.95. The van der Waals surface area contributed by atoms with Gasteiger partial charge < -0.3 is 5.32 Å². The molecule has 1 aliphatic rings. The van der Waals surface area contributed by atoms with E-state index in [0.29, 0.717) is 5.69 Å².